The van der Waals surface area contributed by atoms with Crippen LogP contribution in [0.4, 0.5) is 5.69 Å². The second-order valence-corrected chi connectivity index (χ2v) is 13.0. The molecule has 3 aromatic carbocycles. The maximum Gasteiger partial charge on any atom is 0.337 e. The summed E-state index contributed by atoms with van der Waals surface area (Å²) in [7, 11) is 3.23. The zero-order valence-electron chi connectivity index (χ0n) is 26.4. The van der Waals surface area contributed by atoms with E-state index in [0.29, 0.717) is 35.3 Å². The van der Waals surface area contributed by atoms with Crippen LogP contribution in [0.3, 0.4) is 0 Å². The highest BCUT2D eigenvalue weighted by atomic mass is 32.2. The number of nitro groups is 1. The van der Waals surface area contributed by atoms with Crippen LogP contribution in [-0.2, 0) is 25.6 Å². The molecular weight excluding hydrogens is 590 g/mol. The smallest absolute Gasteiger partial charge is 0.337 e. The number of carbonyl (C=O) groups excluding carboxylic acids is 2. The second kappa shape index (κ2) is 15.1. The molecular formula is C35H39N3O6S. The van der Waals surface area contributed by atoms with E-state index in [0.717, 1.165) is 16.0 Å². The largest absolute Gasteiger partial charge is 0.468 e. The van der Waals surface area contributed by atoms with E-state index in [1.165, 1.54) is 19.2 Å². The number of hydrogen-bond acceptors (Lipinski definition) is 9. The highest BCUT2D eigenvalue weighted by Crippen LogP contribution is 2.41. The molecule has 0 amide bonds. The van der Waals surface area contributed by atoms with Gasteiger partial charge < -0.3 is 9.47 Å². The maximum absolute atomic E-state index is 14.3. The van der Waals surface area contributed by atoms with Gasteiger partial charge in [-0.05, 0) is 49.7 Å². The van der Waals surface area contributed by atoms with Gasteiger partial charge in [0.2, 0.25) is 0 Å². The third kappa shape index (κ3) is 8.46. The first-order valence-corrected chi connectivity index (χ1v) is 15.6. The SMILES string of the molecule is COC(=O)C1C(C)=NC(C)=C(C(=O)OC(CN(C)Cc2ccccc2)c2ccc(SC(C)C)cc2)C1c1cccc([N+](=O)[O-])c1. The van der Waals surface area contributed by atoms with Crippen LogP contribution in [0.2, 0.25) is 0 Å². The van der Waals surface area contributed by atoms with E-state index in [9.17, 15) is 19.7 Å². The number of rotatable bonds is 12. The fourth-order valence-electron chi connectivity index (χ4n) is 5.61. The number of esters is 2. The molecule has 0 aromatic heterocycles. The standard InChI is InChI=1S/C35H39N3O6S/c1-22(2)45-29-17-15-26(16-18-29)30(21-37(5)20-25-11-8-7-9-12-25)44-35(40)32-24(4)36-23(3)31(34(39)43-6)33(32)27-13-10-14-28(19-27)38(41)42/h7-19,22,30-31,33H,20-21H2,1-6H3. The Hall–Kier alpha value is -4.28. The summed E-state index contributed by atoms with van der Waals surface area (Å²) in [5.74, 6) is -3.10. The lowest BCUT2D eigenvalue weighted by Crippen LogP contribution is -2.37. The van der Waals surface area contributed by atoms with Crippen molar-refractivity contribution in [2.75, 3.05) is 20.7 Å². The summed E-state index contributed by atoms with van der Waals surface area (Å²) in [4.78, 5) is 46.3. The number of carbonyl (C=O) groups is 2. The molecule has 0 saturated heterocycles. The molecule has 3 atom stereocenters. The van der Waals surface area contributed by atoms with E-state index in [1.54, 1.807) is 37.7 Å². The number of non-ortho nitro benzene ring substituents is 1. The van der Waals surface area contributed by atoms with Gasteiger partial charge in [-0.3, -0.25) is 24.8 Å². The maximum atomic E-state index is 14.3. The van der Waals surface area contributed by atoms with Gasteiger partial charge in [-0.1, -0.05) is 68.4 Å². The van der Waals surface area contributed by atoms with Crippen molar-refractivity contribution in [1.29, 1.82) is 0 Å². The average Bonchev–Trinajstić information content (AvgIpc) is 3.00. The number of allylic oxidation sites excluding steroid dienone is 1. The summed E-state index contributed by atoms with van der Waals surface area (Å²) in [5, 5.41) is 12.1. The lowest BCUT2D eigenvalue weighted by Gasteiger charge is -2.32. The van der Waals surface area contributed by atoms with E-state index in [-0.39, 0.29) is 11.3 Å². The molecule has 0 bridgehead atoms. The number of benzene rings is 3. The Morgan fingerprint density at radius 3 is 2.33 bits per heavy atom. The number of aliphatic imine (C=N–C) groups is 1. The number of ether oxygens (including phenoxy) is 2. The van der Waals surface area contributed by atoms with Crippen LogP contribution in [0, 0.1) is 16.0 Å². The van der Waals surface area contributed by atoms with Crippen molar-refractivity contribution in [1.82, 2.24) is 4.90 Å². The summed E-state index contributed by atoms with van der Waals surface area (Å²) in [6, 6.07) is 24.0. The van der Waals surface area contributed by atoms with E-state index in [4.69, 9.17) is 9.47 Å². The molecule has 10 heteroatoms. The fraction of sp³-hybridized carbons (Fsp3) is 0.343. The minimum Gasteiger partial charge on any atom is -0.468 e. The molecule has 45 heavy (non-hydrogen) atoms. The van der Waals surface area contributed by atoms with Gasteiger partial charge in [0.15, 0.2) is 0 Å². The molecule has 0 N–H and O–H groups in total. The third-order valence-electron chi connectivity index (χ3n) is 7.59. The molecule has 0 aliphatic carbocycles. The van der Waals surface area contributed by atoms with Gasteiger partial charge in [0.1, 0.15) is 12.0 Å². The topological polar surface area (TPSA) is 111 Å². The Bertz CT molecular complexity index is 1590. The lowest BCUT2D eigenvalue weighted by atomic mass is 9.75. The van der Waals surface area contributed by atoms with Crippen LogP contribution in [0.5, 0.6) is 0 Å². The fourth-order valence-corrected chi connectivity index (χ4v) is 6.44. The van der Waals surface area contributed by atoms with E-state index in [1.807, 2.05) is 61.6 Å². The van der Waals surface area contributed by atoms with Gasteiger partial charge >= 0.3 is 11.9 Å². The molecule has 3 unspecified atom stereocenters. The van der Waals surface area contributed by atoms with E-state index in [2.05, 4.69) is 23.7 Å². The Balaban J connectivity index is 1.73. The van der Waals surface area contributed by atoms with Crippen molar-refractivity contribution >= 4 is 35.1 Å². The molecule has 1 aliphatic rings. The van der Waals surface area contributed by atoms with Crippen LogP contribution < -0.4 is 0 Å². The Morgan fingerprint density at radius 1 is 1.02 bits per heavy atom. The number of thioether (sulfide) groups is 1. The highest BCUT2D eigenvalue weighted by Gasteiger charge is 2.43. The summed E-state index contributed by atoms with van der Waals surface area (Å²) < 4.78 is 11.4. The number of methoxy groups -OCH3 is 1. The molecule has 0 spiro atoms. The molecule has 4 rings (SSSR count). The Morgan fingerprint density at radius 2 is 1.71 bits per heavy atom. The first-order valence-electron chi connectivity index (χ1n) is 14.8. The zero-order valence-corrected chi connectivity index (χ0v) is 27.2. The average molecular weight is 630 g/mol. The Kier molecular flexibility index (Phi) is 11.3. The van der Waals surface area contributed by atoms with Crippen LogP contribution in [-0.4, -0.2) is 53.4 Å². The van der Waals surface area contributed by atoms with Gasteiger partial charge in [0, 0.05) is 52.7 Å². The predicted molar refractivity (Wildman–Crippen MR) is 176 cm³/mol. The van der Waals surface area contributed by atoms with Crippen molar-refractivity contribution in [3.05, 3.63) is 117 Å². The minimum atomic E-state index is -0.963. The molecule has 0 fully saturated rings. The molecule has 0 saturated carbocycles. The van der Waals surface area contributed by atoms with Crippen LogP contribution in [0.15, 0.2) is 100 Å². The summed E-state index contributed by atoms with van der Waals surface area (Å²) in [5.41, 5.74) is 3.21. The molecule has 0 radical (unpaired) electrons. The summed E-state index contributed by atoms with van der Waals surface area (Å²) in [6.45, 7) is 8.68. The molecule has 1 heterocycles. The molecule has 9 nitrogen and oxygen atoms in total. The summed E-state index contributed by atoms with van der Waals surface area (Å²) >= 11 is 1.75. The van der Waals surface area contributed by atoms with Crippen molar-refractivity contribution in [2.24, 2.45) is 10.9 Å². The second-order valence-electron chi connectivity index (χ2n) is 11.4. The monoisotopic (exact) mass is 629 g/mol. The zero-order chi connectivity index (χ0) is 32.7. The van der Waals surface area contributed by atoms with Crippen LogP contribution in [0.1, 0.15) is 56.4 Å². The molecule has 1 aliphatic heterocycles. The normalized spacial score (nSPS) is 17.2. The first kappa shape index (κ1) is 33.6. The van der Waals surface area contributed by atoms with Crippen molar-refractivity contribution in [3.8, 4) is 0 Å². The van der Waals surface area contributed by atoms with Crippen LogP contribution >= 0.6 is 11.8 Å². The van der Waals surface area contributed by atoms with E-state index >= 15 is 0 Å². The third-order valence-corrected chi connectivity index (χ3v) is 8.60. The molecule has 3 aromatic rings. The van der Waals surface area contributed by atoms with E-state index < -0.39 is 34.8 Å². The van der Waals surface area contributed by atoms with Gasteiger partial charge in [0.05, 0.1) is 17.6 Å². The van der Waals surface area contributed by atoms with Crippen molar-refractivity contribution < 1.29 is 24.0 Å². The lowest BCUT2D eigenvalue weighted by molar-refractivity contribution is -0.384. The number of nitrogens with zero attached hydrogens (tertiary/aromatic N) is 3. The van der Waals surface area contributed by atoms with Gasteiger partial charge in [0.25, 0.3) is 5.69 Å². The van der Waals surface area contributed by atoms with Crippen molar-refractivity contribution in [3.63, 3.8) is 0 Å². The predicted octanol–water partition coefficient (Wildman–Crippen LogP) is 7.13. The minimum absolute atomic E-state index is 0.151. The quantitative estimate of drug-likeness (QED) is 0.0900. The Labute approximate surface area is 268 Å². The van der Waals surface area contributed by atoms with Gasteiger partial charge in [-0.2, -0.15) is 0 Å². The van der Waals surface area contributed by atoms with Gasteiger partial charge in [-0.25, -0.2) is 4.79 Å². The number of hydrogen-bond donors (Lipinski definition) is 0. The summed E-state index contributed by atoms with van der Waals surface area (Å²) in [6.07, 6.45) is -0.654. The molecule has 236 valence electrons. The number of likely N-dealkylation sites (N-methyl/N-ethyl adjacent to an activating group) is 1. The number of nitro benzene ring substituents is 1. The van der Waals surface area contributed by atoms with Gasteiger partial charge in [-0.15, -0.1) is 11.8 Å². The highest BCUT2D eigenvalue weighted by molar-refractivity contribution is 7.99. The van der Waals surface area contributed by atoms with Crippen LogP contribution in [0.25, 0.3) is 0 Å². The first-order chi connectivity index (χ1) is 21.5. The van der Waals surface area contributed by atoms with Crippen molar-refractivity contribution in [2.45, 2.75) is 56.4 Å².